The van der Waals surface area contributed by atoms with Crippen LogP contribution in [-0.4, -0.2) is 61.1 Å². The molecule has 1 heterocycles. The smallest absolute Gasteiger partial charge is 0.305 e. The molecule has 0 radical (unpaired) electrons. The maximum Gasteiger partial charge on any atom is 0.305 e. The standard InChI is InChI=1S/C28H34FN3O5/c1-18(2)26-24(14-13-22(33)15-23(34)16-25(35)36)32(21-11-9-20(29)10-12-21)30-27(26)28(37)31(3)17-19-7-5-4-6-8-19/h4-12,18,22-23,33-34H,13-17H2,1-3H3,(H,35,36). The fourth-order valence-electron chi connectivity index (χ4n) is 4.40. The van der Waals surface area contributed by atoms with E-state index in [2.05, 4.69) is 5.10 Å². The lowest BCUT2D eigenvalue weighted by Crippen LogP contribution is -2.27. The van der Waals surface area contributed by atoms with Crippen molar-refractivity contribution in [1.82, 2.24) is 14.7 Å². The summed E-state index contributed by atoms with van der Waals surface area (Å²) in [5, 5.41) is 33.9. The van der Waals surface area contributed by atoms with Crippen LogP contribution in [0.4, 0.5) is 4.39 Å². The number of aliphatic hydroxyl groups is 2. The van der Waals surface area contributed by atoms with E-state index in [1.54, 1.807) is 28.8 Å². The molecule has 0 spiro atoms. The third-order valence-corrected chi connectivity index (χ3v) is 6.15. The number of carbonyl (C=O) groups is 2. The van der Waals surface area contributed by atoms with Crippen molar-refractivity contribution >= 4 is 11.9 Å². The molecule has 0 bridgehead atoms. The van der Waals surface area contributed by atoms with Crippen LogP contribution in [0.3, 0.4) is 0 Å². The minimum atomic E-state index is -1.16. The van der Waals surface area contributed by atoms with Crippen molar-refractivity contribution in [2.75, 3.05) is 7.05 Å². The maximum atomic E-state index is 13.6. The van der Waals surface area contributed by atoms with Gasteiger partial charge in [-0.25, -0.2) is 9.07 Å². The number of rotatable bonds is 12. The van der Waals surface area contributed by atoms with Crippen LogP contribution in [0.2, 0.25) is 0 Å². The Bertz CT molecular complexity index is 1190. The minimum Gasteiger partial charge on any atom is -0.481 e. The van der Waals surface area contributed by atoms with Gasteiger partial charge in [-0.2, -0.15) is 5.10 Å². The molecule has 0 aliphatic carbocycles. The zero-order chi connectivity index (χ0) is 27.1. The van der Waals surface area contributed by atoms with Gasteiger partial charge >= 0.3 is 5.97 Å². The van der Waals surface area contributed by atoms with Gasteiger partial charge in [0.25, 0.3) is 5.91 Å². The lowest BCUT2D eigenvalue weighted by molar-refractivity contribution is -0.139. The number of aliphatic carboxylic acids is 1. The summed E-state index contributed by atoms with van der Waals surface area (Å²) in [6, 6.07) is 15.4. The van der Waals surface area contributed by atoms with Crippen LogP contribution in [0, 0.1) is 5.82 Å². The molecule has 8 nitrogen and oxygen atoms in total. The van der Waals surface area contributed by atoms with Crippen molar-refractivity contribution in [2.24, 2.45) is 0 Å². The van der Waals surface area contributed by atoms with Gasteiger partial charge in [-0.1, -0.05) is 44.2 Å². The Kier molecular flexibility index (Phi) is 9.54. The Balaban J connectivity index is 1.95. The number of carboxylic acids is 1. The molecule has 2 atom stereocenters. The highest BCUT2D eigenvalue weighted by Crippen LogP contribution is 2.29. The topological polar surface area (TPSA) is 116 Å². The molecule has 1 amide bonds. The normalized spacial score (nSPS) is 12.9. The number of carboxylic acid groups (broad SMARTS) is 1. The first-order valence-corrected chi connectivity index (χ1v) is 12.3. The second-order valence-electron chi connectivity index (χ2n) is 9.58. The van der Waals surface area contributed by atoms with E-state index in [0.717, 1.165) is 11.1 Å². The summed E-state index contributed by atoms with van der Waals surface area (Å²) < 4.78 is 15.2. The largest absolute Gasteiger partial charge is 0.481 e. The monoisotopic (exact) mass is 511 g/mol. The predicted molar refractivity (Wildman–Crippen MR) is 137 cm³/mol. The average molecular weight is 512 g/mol. The van der Waals surface area contributed by atoms with Gasteiger partial charge in [0.15, 0.2) is 5.69 Å². The molecule has 2 unspecified atom stereocenters. The van der Waals surface area contributed by atoms with E-state index in [1.807, 2.05) is 44.2 Å². The summed E-state index contributed by atoms with van der Waals surface area (Å²) in [6.07, 6.45) is -2.12. The van der Waals surface area contributed by atoms with Crippen molar-refractivity contribution in [3.05, 3.63) is 82.9 Å². The minimum absolute atomic E-state index is 0.0805. The van der Waals surface area contributed by atoms with Gasteiger partial charge in [-0.15, -0.1) is 0 Å². The van der Waals surface area contributed by atoms with Crippen molar-refractivity contribution in [1.29, 1.82) is 0 Å². The van der Waals surface area contributed by atoms with Gasteiger partial charge in [0.2, 0.25) is 0 Å². The van der Waals surface area contributed by atoms with Gasteiger partial charge in [0.05, 0.1) is 24.3 Å². The van der Waals surface area contributed by atoms with Gasteiger partial charge in [-0.05, 0) is 55.0 Å². The number of benzene rings is 2. The second-order valence-corrected chi connectivity index (χ2v) is 9.58. The highest BCUT2D eigenvalue weighted by Gasteiger charge is 2.28. The molecule has 0 fully saturated rings. The summed E-state index contributed by atoms with van der Waals surface area (Å²) in [4.78, 5) is 26.0. The van der Waals surface area contributed by atoms with Crippen LogP contribution in [0.5, 0.6) is 0 Å². The van der Waals surface area contributed by atoms with Crippen LogP contribution < -0.4 is 0 Å². The Hall–Kier alpha value is -3.56. The zero-order valence-corrected chi connectivity index (χ0v) is 21.3. The highest BCUT2D eigenvalue weighted by molar-refractivity contribution is 5.94. The first-order chi connectivity index (χ1) is 17.6. The third-order valence-electron chi connectivity index (χ3n) is 6.15. The molecule has 2 aromatic carbocycles. The van der Waals surface area contributed by atoms with Crippen LogP contribution in [0.1, 0.15) is 66.3 Å². The number of amides is 1. The lowest BCUT2D eigenvalue weighted by atomic mass is 9.95. The first kappa shape index (κ1) is 28.0. The molecular weight excluding hydrogens is 477 g/mol. The summed E-state index contributed by atoms with van der Waals surface area (Å²) in [5.74, 6) is -1.88. The first-order valence-electron chi connectivity index (χ1n) is 12.3. The number of nitrogens with zero attached hydrogens (tertiary/aromatic N) is 3. The van der Waals surface area contributed by atoms with E-state index in [4.69, 9.17) is 5.11 Å². The van der Waals surface area contributed by atoms with Crippen LogP contribution in [-0.2, 0) is 17.8 Å². The van der Waals surface area contributed by atoms with Crippen molar-refractivity contribution in [3.63, 3.8) is 0 Å². The van der Waals surface area contributed by atoms with Gasteiger partial charge in [0, 0.05) is 24.8 Å². The number of carbonyl (C=O) groups excluding carboxylic acids is 1. The van der Waals surface area contributed by atoms with E-state index >= 15 is 0 Å². The lowest BCUT2D eigenvalue weighted by Gasteiger charge is -2.18. The SMILES string of the molecule is CC(C)c1c(C(=O)N(C)Cc2ccccc2)nn(-c2ccc(F)cc2)c1CCC(O)CC(O)CC(=O)O. The summed E-state index contributed by atoms with van der Waals surface area (Å²) in [7, 11) is 1.71. The molecule has 9 heteroatoms. The van der Waals surface area contributed by atoms with E-state index in [-0.39, 0.29) is 30.4 Å². The second kappa shape index (κ2) is 12.6. The van der Waals surface area contributed by atoms with Gasteiger partial charge < -0.3 is 20.2 Å². The van der Waals surface area contributed by atoms with Crippen LogP contribution in [0.25, 0.3) is 5.69 Å². The summed E-state index contributed by atoms with van der Waals surface area (Å²) in [5.41, 5.74) is 3.26. The van der Waals surface area contributed by atoms with Crippen LogP contribution >= 0.6 is 0 Å². The van der Waals surface area contributed by atoms with E-state index in [9.17, 15) is 24.2 Å². The molecule has 0 saturated carbocycles. The van der Waals surface area contributed by atoms with Crippen LogP contribution in [0.15, 0.2) is 54.6 Å². The predicted octanol–water partition coefficient (Wildman–Crippen LogP) is 3.93. The Morgan fingerprint density at radius 2 is 1.68 bits per heavy atom. The Labute approximate surface area is 216 Å². The average Bonchev–Trinajstić information content (AvgIpc) is 3.22. The number of aromatic nitrogens is 2. The van der Waals surface area contributed by atoms with Crippen molar-refractivity contribution in [2.45, 2.75) is 64.2 Å². The molecular formula is C28H34FN3O5. The molecule has 0 aliphatic heterocycles. The van der Waals surface area contributed by atoms with Gasteiger partial charge in [-0.3, -0.25) is 9.59 Å². The number of aliphatic hydroxyl groups excluding tert-OH is 2. The molecule has 3 aromatic rings. The zero-order valence-electron chi connectivity index (χ0n) is 21.3. The molecule has 1 aromatic heterocycles. The molecule has 0 saturated heterocycles. The molecule has 3 rings (SSSR count). The van der Waals surface area contributed by atoms with Crippen molar-refractivity contribution < 1.29 is 29.3 Å². The Morgan fingerprint density at radius 3 is 2.27 bits per heavy atom. The highest BCUT2D eigenvalue weighted by atomic mass is 19.1. The van der Waals surface area contributed by atoms with Gasteiger partial charge in [0.1, 0.15) is 5.82 Å². The fraction of sp³-hybridized carbons (Fsp3) is 0.393. The number of halogens is 1. The molecule has 3 N–H and O–H groups in total. The fourth-order valence-corrected chi connectivity index (χ4v) is 4.40. The third kappa shape index (κ3) is 7.47. The molecule has 198 valence electrons. The Morgan fingerprint density at radius 1 is 1.03 bits per heavy atom. The molecule has 37 heavy (non-hydrogen) atoms. The summed E-state index contributed by atoms with van der Waals surface area (Å²) >= 11 is 0. The van der Waals surface area contributed by atoms with E-state index in [1.165, 1.54) is 12.1 Å². The number of hydrogen-bond acceptors (Lipinski definition) is 5. The quantitative estimate of drug-likeness (QED) is 0.339. The number of hydrogen-bond donors (Lipinski definition) is 3. The molecule has 0 aliphatic rings. The van der Waals surface area contributed by atoms with E-state index < -0.39 is 30.4 Å². The van der Waals surface area contributed by atoms with E-state index in [0.29, 0.717) is 24.3 Å². The van der Waals surface area contributed by atoms with Crippen molar-refractivity contribution in [3.8, 4) is 5.69 Å². The summed E-state index contributed by atoms with van der Waals surface area (Å²) in [6.45, 7) is 4.31. The maximum absolute atomic E-state index is 13.6.